The van der Waals surface area contributed by atoms with Crippen molar-refractivity contribution in [1.29, 1.82) is 0 Å². The van der Waals surface area contributed by atoms with Crippen LogP contribution >= 0.6 is 12.6 Å². The molecular weight excluding hydrogens is 358 g/mol. The van der Waals surface area contributed by atoms with E-state index < -0.39 is 0 Å². The zero-order valence-electron chi connectivity index (χ0n) is 16.0. The molecule has 156 valence electrons. The number of carbonyl (C=O) groups excluding carboxylic acids is 1. The molecule has 0 atom stereocenters. The molecule has 1 saturated carbocycles. The molecule has 1 fully saturated rings. The Kier molecular flexibility index (Phi) is 15.0. The van der Waals surface area contributed by atoms with E-state index in [1.807, 2.05) is 0 Å². The van der Waals surface area contributed by atoms with Crippen LogP contribution in [0.1, 0.15) is 40.5 Å². The third kappa shape index (κ3) is 13.6. The molecule has 0 aromatic carbocycles. The van der Waals surface area contributed by atoms with E-state index in [0.29, 0.717) is 58.0 Å². The Morgan fingerprint density at radius 1 is 0.885 bits per heavy atom. The van der Waals surface area contributed by atoms with Crippen molar-refractivity contribution in [1.82, 2.24) is 5.32 Å². The van der Waals surface area contributed by atoms with E-state index in [4.69, 9.17) is 23.7 Å². The molecule has 26 heavy (non-hydrogen) atoms. The van der Waals surface area contributed by atoms with Gasteiger partial charge in [-0.1, -0.05) is 6.92 Å². The van der Waals surface area contributed by atoms with Gasteiger partial charge in [-0.25, -0.2) is 4.79 Å². The lowest BCUT2D eigenvalue weighted by molar-refractivity contribution is -0.00154. The summed E-state index contributed by atoms with van der Waals surface area (Å²) in [5.41, 5.74) is 0. The van der Waals surface area contributed by atoms with Crippen LogP contribution in [0.15, 0.2) is 0 Å². The fourth-order valence-electron chi connectivity index (χ4n) is 2.49. The van der Waals surface area contributed by atoms with Crippen LogP contribution in [0.2, 0.25) is 0 Å². The number of alkyl carbamates (subject to hydrolysis) is 1. The Morgan fingerprint density at radius 2 is 1.38 bits per heavy atom. The molecule has 8 heteroatoms. The molecule has 1 N–H and O–H groups in total. The van der Waals surface area contributed by atoms with Gasteiger partial charge in [0.2, 0.25) is 0 Å². The molecule has 1 aliphatic rings. The summed E-state index contributed by atoms with van der Waals surface area (Å²) in [7, 11) is 0. The normalized spacial score (nSPS) is 20.1. The summed E-state index contributed by atoms with van der Waals surface area (Å²) in [5, 5.41) is 3.15. The molecule has 1 rings (SSSR count). The topological polar surface area (TPSA) is 75.3 Å². The highest BCUT2D eigenvalue weighted by Crippen LogP contribution is 2.24. The standard InChI is InChI=1S/C18H35NO6S.H2/c1-2-8-21-10-12-23-14-15-24-13-11-22-9-7-19-18(20)25-16-3-5-17(26)6-4-16;/h16-17,26H,2-15H2,1H3,(H,19,20);1H. The number of nitrogens with one attached hydrogen (secondary N) is 1. The summed E-state index contributed by atoms with van der Waals surface area (Å²) in [5.74, 6) is 0. The van der Waals surface area contributed by atoms with E-state index in [2.05, 4.69) is 24.9 Å². The van der Waals surface area contributed by atoms with Gasteiger partial charge in [0.1, 0.15) is 6.10 Å². The first kappa shape index (κ1) is 23.5. The van der Waals surface area contributed by atoms with Crippen LogP contribution in [-0.4, -0.2) is 76.8 Å². The van der Waals surface area contributed by atoms with Gasteiger partial charge in [-0.2, -0.15) is 12.6 Å². The first-order valence-electron chi connectivity index (χ1n) is 9.66. The highest BCUT2D eigenvalue weighted by Gasteiger charge is 2.21. The van der Waals surface area contributed by atoms with Crippen LogP contribution in [0.5, 0.6) is 0 Å². The summed E-state index contributed by atoms with van der Waals surface area (Å²) in [6.07, 6.45) is 4.47. The summed E-state index contributed by atoms with van der Waals surface area (Å²) in [4.78, 5) is 11.7. The van der Waals surface area contributed by atoms with Crippen molar-refractivity contribution in [3.05, 3.63) is 0 Å². The summed E-state index contributed by atoms with van der Waals surface area (Å²) in [6.45, 7) is 7.04. The third-order valence-corrected chi connectivity index (χ3v) is 4.41. The Bertz CT molecular complexity index is 346. The molecule has 0 heterocycles. The van der Waals surface area contributed by atoms with Crippen molar-refractivity contribution in [3.8, 4) is 0 Å². The van der Waals surface area contributed by atoms with Gasteiger partial charge in [0, 0.05) is 19.8 Å². The maximum Gasteiger partial charge on any atom is 0.407 e. The second-order valence-electron chi connectivity index (χ2n) is 6.21. The van der Waals surface area contributed by atoms with E-state index in [9.17, 15) is 4.79 Å². The molecular formula is C18H37NO6S. The first-order valence-corrected chi connectivity index (χ1v) is 10.2. The molecule has 7 nitrogen and oxygen atoms in total. The van der Waals surface area contributed by atoms with Crippen LogP contribution in [0.3, 0.4) is 0 Å². The van der Waals surface area contributed by atoms with Crippen molar-refractivity contribution in [3.63, 3.8) is 0 Å². The van der Waals surface area contributed by atoms with Gasteiger partial charge in [0.05, 0.1) is 46.2 Å². The van der Waals surface area contributed by atoms with E-state index in [1.165, 1.54) is 0 Å². The quantitative estimate of drug-likeness (QED) is 0.328. The molecule has 0 radical (unpaired) electrons. The predicted molar refractivity (Wildman–Crippen MR) is 105 cm³/mol. The lowest BCUT2D eigenvalue weighted by Crippen LogP contribution is -2.33. The minimum Gasteiger partial charge on any atom is -0.446 e. The van der Waals surface area contributed by atoms with Gasteiger partial charge in [-0.05, 0) is 32.1 Å². The summed E-state index contributed by atoms with van der Waals surface area (Å²) in [6, 6.07) is 0. The van der Waals surface area contributed by atoms with Gasteiger partial charge < -0.3 is 29.0 Å². The number of carbonyl (C=O) groups is 1. The average molecular weight is 396 g/mol. The van der Waals surface area contributed by atoms with Crippen molar-refractivity contribution < 1.29 is 29.9 Å². The van der Waals surface area contributed by atoms with E-state index in [0.717, 1.165) is 38.7 Å². The van der Waals surface area contributed by atoms with Gasteiger partial charge >= 0.3 is 6.09 Å². The van der Waals surface area contributed by atoms with Gasteiger partial charge in [0.15, 0.2) is 0 Å². The Labute approximate surface area is 164 Å². The monoisotopic (exact) mass is 395 g/mol. The first-order chi connectivity index (χ1) is 12.7. The number of hydrogen-bond acceptors (Lipinski definition) is 7. The average Bonchev–Trinajstić information content (AvgIpc) is 2.64. The van der Waals surface area contributed by atoms with E-state index in [1.54, 1.807) is 0 Å². The number of ether oxygens (including phenoxy) is 5. The molecule has 1 aliphatic carbocycles. The number of amides is 1. The Hall–Kier alpha value is -0.540. The van der Waals surface area contributed by atoms with Crippen LogP contribution < -0.4 is 5.32 Å². The predicted octanol–water partition coefficient (Wildman–Crippen LogP) is 2.68. The smallest absolute Gasteiger partial charge is 0.407 e. The third-order valence-electron chi connectivity index (χ3n) is 3.90. The molecule has 0 aromatic heterocycles. The molecule has 0 aliphatic heterocycles. The minimum absolute atomic E-state index is 0. The SMILES string of the molecule is CCCOCCOCCOCCOCCNC(=O)OC1CCC(S)CC1.[HH]. The van der Waals surface area contributed by atoms with Crippen LogP contribution in [-0.2, 0) is 23.7 Å². The maximum atomic E-state index is 11.7. The van der Waals surface area contributed by atoms with Crippen molar-refractivity contribution in [2.24, 2.45) is 0 Å². The van der Waals surface area contributed by atoms with Gasteiger partial charge in [-0.15, -0.1) is 0 Å². The maximum absolute atomic E-state index is 11.7. The molecule has 0 saturated heterocycles. The molecule has 0 spiro atoms. The Morgan fingerprint density at radius 3 is 1.92 bits per heavy atom. The van der Waals surface area contributed by atoms with Crippen LogP contribution in [0, 0.1) is 0 Å². The second-order valence-corrected chi connectivity index (χ2v) is 6.94. The van der Waals surface area contributed by atoms with Gasteiger partial charge in [0.25, 0.3) is 0 Å². The highest BCUT2D eigenvalue weighted by molar-refractivity contribution is 7.80. The van der Waals surface area contributed by atoms with Crippen molar-refractivity contribution in [2.75, 3.05) is 59.4 Å². The van der Waals surface area contributed by atoms with Crippen LogP contribution in [0.4, 0.5) is 4.79 Å². The lowest BCUT2D eigenvalue weighted by atomic mass is 9.97. The fourth-order valence-corrected chi connectivity index (χ4v) is 2.79. The number of thiol groups is 1. The zero-order chi connectivity index (χ0) is 18.9. The summed E-state index contributed by atoms with van der Waals surface area (Å²) < 4.78 is 26.8. The van der Waals surface area contributed by atoms with E-state index >= 15 is 0 Å². The zero-order valence-corrected chi connectivity index (χ0v) is 16.8. The second kappa shape index (κ2) is 16.6. The fraction of sp³-hybridized carbons (Fsp3) is 0.944. The number of rotatable bonds is 15. The molecule has 0 bridgehead atoms. The van der Waals surface area contributed by atoms with E-state index in [-0.39, 0.29) is 13.6 Å². The summed E-state index contributed by atoms with van der Waals surface area (Å²) >= 11 is 4.43. The largest absolute Gasteiger partial charge is 0.446 e. The minimum atomic E-state index is -0.368. The van der Waals surface area contributed by atoms with Crippen molar-refractivity contribution in [2.45, 2.75) is 50.4 Å². The van der Waals surface area contributed by atoms with Gasteiger partial charge in [-0.3, -0.25) is 0 Å². The lowest BCUT2D eigenvalue weighted by Gasteiger charge is -2.25. The highest BCUT2D eigenvalue weighted by atomic mass is 32.1. The molecule has 0 unspecified atom stereocenters. The molecule has 1 amide bonds. The van der Waals surface area contributed by atoms with Crippen LogP contribution in [0.25, 0.3) is 0 Å². The molecule has 0 aromatic rings. The number of hydrogen-bond donors (Lipinski definition) is 2. The Balaban J connectivity index is 0.00000676. The van der Waals surface area contributed by atoms with Crippen molar-refractivity contribution >= 4 is 18.7 Å².